The molecule has 0 saturated carbocycles. The number of aliphatic hydroxyl groups excluding tert-OH is 1. The van der Waals surface area contributed by atoms with Gasteiger partial charge in [0.1, 0.15) is 18.5 Å². The lowest BCUT2D eigenvalue weighted by Gasteiger charge is -2.17. The van der Waals surface area contributed by atoms with Gasteiger partial charge in [0, 0.05) is 12.8 Å². The number of carbonyl (C=O) groups is 2. The van der Waals surface area contributed by atoms with Gasteiger partial charge in [0.15, 0.2) is 0 Å². The molecule has 0 aromatic carbocycles. The smallest absolute Gasteiger partial charge is 0.334 e. The van der Waals surface area contributed by atoms with Crippen molar-refractivity contribution in [3.63, 3.8) is 0 Å². The third-order valence-corrected chi connectivity index (χ3v) is 2.27. The predicted molar refractivity (Wildman–Crippen MR) is 65.5 cm³/mol. The van der Waals surface area contributed by atoms with Crippen molar-refractivity contribution in [1.82, 2.24) is 0 Å². The molecule has 0 aliphatic heterocycles. The van der Waals surface area contributed by atoms with Gasteiger partial charge in [-0.05, 0) is 26.2 Å². The van der Waals surface area contributed by atoms with Gasteiger partial charge in [0.05, 0.1) is 0 Å². The number of esters is 1. The lowest BCUT2D eigenvalue weighted by Crippen LogP contribution is -2.25. The zero-order valence-corrected chi connectivity index (χ0v) is 10.6. The van der Waals surface area contributed by atoms with Crippen LogP contribution in [-0.2, 0) is 14.3 Å². The number of rotatable bonds is 9. The van der Waals surface area contributed by atoms with Crippen molar-refractivity contribution in [3.05, 3.63) is 12.2 Å². The Hall–Kier alpha value is -1.16. The van der Waals surface area contributed by atoms with Crippen LogP contribution in [0.3, 0.4) is 0 Å². The SMILES string of the molecule is CC/C=C\CC(CCCC=O)OC(=O)C(C)O. The lowest BCUT2D eigenvalue weighted by atomic mass is 10.1. The number of aliphatic hydroxyl groups is 1. The summed E-state index contributed by atoms with van der Waals surface area (Å²) in [7, 11) is 0. The van der Waals surface area contributed by atoms with Crippen LogP contribution in [0.15, 0.2) is 12.2 Å². The number of ether oxygens (including phenoxy) is 1. The molecule has 0 aliphatic rings. The van der Waals surface area contributed by atoms with E-state index >= 15 is 0 Å². The summed E-state index contributed by atoms with van der Waals surface area (Å²) in [5.74, 6) is -0.606. The van der Waals surface area contributed by atoms with E-state index in [1.807, 2.05) is 19.1 Å². The number of hydrogen-bond acceptors (Lipinski definition) is 4. The molecule has 0 bridgehead atoms. The van der Waals surface area contributed by atoms with Crippen molar-refractivity contribution < 1.29 is 19.4 Å². The predicted octanol–water partition coefficient (Wildman–Crippen LogP) is 2.00. The number of unbranched alkanes of at least 4 members (excludes halogenated alkanes) is 1. The maximum absolute atomic E-state index is 11.3. The Morgan fingerprint density at radius 2 is 2.12 bits per heavy atom. The molecule has 0 aromatic rings. The third-order valence-electron chi connectivity index (χ3n) is 2.27. The second kappa shape index (κ2) is 10.0. The molecule has 4 heteroatoms. The first-order chi connectivity index (χ1) is 8.11. The van der Waals surface area contributed by atoms with Crippen molar-refractivity contribution in [3.8, 4) is 0 Å². The Morgan fingerprint density at radius 1 is 1.41 bits per heavy atom. The normalized spacial score (nSPS) is 14.5. The van der Waals surface area contributed by atoms with Gasteiger partial charge in [-0.3, -0.25) is 0 Å². The minimum absolute atomic E-state index is 0.250. The molecule has 0 fully saturated rings. The Morgan fingerprint density at radius 3 is 2.65 bits per heavy atom. The highest BCUT2D eigenvalue weighted by atomic mass is 16.6. The summed E-state index contributed by atoms with van der Waals surface area (Å²) in [4.78, 5) is 21.5. The fourth-order valence-corrected chi connectivity index (χ4v) is 1.33. The summed E-state index contributed by atoms with van der Waals surface area (Å²) in [6.07, 6.45) is 6.85. The minimum atomic E-state index is -1.10. The van der Waals surface area contributed by atoms with Gasteiger partial charge in [-0.15, -0.1) is 0 Å². The summed E-state index contributed by atoms with van der Waals surface area (Å²) in [6, 6.07) is 0. The van der Waals surface area contributed by atoms with E-state index in [0.29, 0.717) is 25.7 Å². The van der Waals surface area contributed by atoms with Gasteiger partial charge >= 0.3 is 5.97 Å². The van der Waals surface area contributed by atoms with Gasteiger partial charge in [-0.25, -0.2) is 4.79 Å². The van der Waals surface area contributed by atoms with Crippen LogP contribution in [0.25, 0.3) is 0 Å². The molecule has 2 atom stereocenters. The number of aldehydes is 1. The minimum Gasteiger partial charge on any atom is -0.460 e. The number of hydrogen-bond donors (Lipinski definition) is 1. The van der Waals surface area contributed by atoms with Gasteiger partial charge in [-0.1, -0.05) is 19.1 Å². The van der Waals surface area contributed by atoms with Crippen molar-refractivity contribution in [2.75, 3.05) is 0 Å². The Bertz CT molecular complexity index is 246. The summed E-state index contributed by atoms with van der Waals surface area (Å²) in [6.45, 7) is 3.41. The summed E-state index contributed by atoms with van der Waals surface area (Å²) in [5, 5.41) is 9.06. The van der Waals surface area contributed by atoms with Crippen LogP contribution in [0.1, 0.15) is 46.0 Å². The standard InChI is InChI=1S/C13H22O4/c1-3-4-5-8-12(9-6-7-10-14)17-13(16)11(2)15/h4-5,10-12,15H,3,6-9H2,1-2H3/b5-4-. The van der Waals surface area contributed by atoms with Crippen LogP contribution in [0.2, 0.25) is 0 Å². The molecule has 1 N–H and O–H groups in total. The summed E-state index contributed by atoms with van der Waals surface area (Å²) < 4.78 is 5.15. The van der Waals surface area contributed by atoms with Gasteiger partial charge in [0.2, 0.25) is 0 Å². The van der Waals surface area contributed by atoms with Gasteiger partial charge in [-0.2, -0.15) is 0 Å². The number of allylic oxidation sites excluding steroid dienone is 1. The Labute approximate surface area is 103 Å². The third kappa shape index (κ3) is 8.63. The van der Waals surface area contributed by atoms with Crippen LogP contribution >= 0.6 is 0 Å². The first-order valence-electron chi connectivity index (χ1n) is 6.09. The molecule has 2 unspecified atom stereocenters. The zero-order valence-electron chi connectivity index (χ0n) is 10.6. The van der Waals surface area contributed by atoms with E-state index in [2.05, 4.69) is 0 Å². The van der Waals surface area contributed by atoms with E-state index in [1.165, 1.54) is 6.92 Å². The topological polar surface area (TPSA) is 63.6 Å². The van der Waals surface area contributed by atoms with Crippen LogP contribution in [0, 0.1) is 0 Å². The van der Waals surface area contributed by atoms with E-state index in [-0.39, 0.29) is 6.10 Å². The maximum Gasteiger partial charge on any atom is 0.334 e. The van der Waals surface area contributed by atoms with Gasteiger partial charge < -0.3 is 14.6 Å². The highest BCUT2D eigenvalue weighted by Crippen LogP contribution is 2.11. The molecule has 0 amide bonds. The molecule has 0 aromatic heterocycles. The lowest BCUT2D eigenvalue weighted by molar-refractivity contribution is -0.158. The molecule has 0 heterocycles. The Balaban J connectivity index is 4.13. The molecule has 0 saturated heterocycles. The van der Waals surface area contributed by atoms with E-state index in [1.54, 1.807) is 0 Å². The molecule has 0 spiro atoms. The van der Waals surface area contributed by atoms with E-state index in [4.69, 9.17) is 9.84 Å². The van der Waals surface area contributed by atoms with Crippen molar-refractivity contribution >= 4 is 12.3 Å². The van der Waals surface area contributed by atoms with E-state index < -0.39 is 12.1 Å². The molecule has 0 rings (SSSR count). The largest absolute Gasteiger partial charge is 0.460 e. The maximum atomic E-state index is 11.3. The molecular formula is C13H22O4. The molecule has 4 nitrogen and oxygen atoms in total. The van der Waals surface area contributed by atoms with Gasteiger partial charge in [0.25, 0.3) is 0 Å². The molecular weight excluding hydrogens is 220 g/mol. The average molecular weight is 242 g/mol. The van der Waals surface area contributed by atoms with Crippen molar-refractivity contribution in [2.24, 2.45) is 0 Å². The monoisotopic (exact) mass is 242 g/mol. The number of carbonyl (C=O) groups excluding carboxylic acids is 2. The zero-order chi connectivity index (χ0) is 13.1. The van der Waals surface area contributed by atoms with Crippen LogP contribution in [-0.4, -0.2) is 29.6 Å². The van der Waals surface area contributed by atoms with Crippen LogP contribution < -0.4 is 0 Å². The summed E-state index contributed by atoms with van der Waals surface area (Å²) in [5.41, 5.74) is 0. The second-order valence-electron chi connectivity index (χ2n) is 3.95. The fraction of sp³-hybridized carbons (Fsp3) is 0.692. The first-order valence-corrected chi connectivity index (χ1v) is 6.09. The molecule has 0 radical (unpaired) electrons. The van der Waals surface area contributed by atoms with E-state index in [0.717, 1.165) is 12.7 Å². The second-order valence-corrected chi connectivity index (χ2v) is 3.95. The van der Waals surface area contributed by atoms with Crippen LogP contribution in [0.4, 0.5) is 0 Å². The fourth-order valence-electron chi connectivity index (χ4n) is 1.33. The van der Waals surface area contributed by atoms with Crippen LogP contribution in [0.5, 0.6) is 0 Å². The highest BCUT2D eigenvalue weighted by Gasteiger charge is 2.16. The first kappa shape index (κ1) is 15.8. The molecule has 98 valence electrons. The van der Waals surface area contributed by atoms with Crippen molar-refractivity contribution in [1.29, 1.82) is 0 Å². The molecule has 0 aliphatic carbocycles. The van der Waals surface area contributed by atoms with Crippen molar-refractivity contribution in [2.45, 2.75) is 58.2 Å². The highest BCUT2D eigenvalue weighted by molar-refractivity contribution is 5.73. The Kier molecular flexibility index (Phi) is 9.34. The average Bonchev–Trinajstić information content (AvgIpc) is 2.29. The quantitative estimate of drug-likeness (QED) is 0.291. The summed E-state index contributed by atoms with van der Waals surface area (Å²) >= 11 is 0. The molecule has 17 heavy (non-hydrogen) atoms. The van der Waals surface area contributed by atoms with E-state index in [9.17, 15) is 9.59 Å².